The number of hydrogen-bond acceptors (Lipinski definition) is 5. The molecule has 0 spiro atoms. The molecule has 6 heteroatoms. The van der Waals surface area contributed by atoms with Gasteiger partial charge in [-0.15, -0.1) is 0 Å². The number of amides is 2. The van der Waals surface area contributed by atoms with E-state index in [1.165, 1.54) is 0 Å². The van der Waals surface area contributed by atoms with Crippen LogP contribution in [-0.4, -0.2) is 42.6 Å². The smallest absolute Gasteiger partial charge is 0.416 e. The van der Waals surface area contributed by atoms with Crippen molar-refractivity contribution in [3.8, 4) is 0 Å². The summed E-state index contributed by atoms with van der Waals surface area (Å²) in [6.07, 6.45) is 4.13. The van der Waals surface area contributed by atoms with Crippen molar-refractivity contribution in [1.82, 2.24) is 4.90 Å². The van der Waals surface area contributed by atoms with Crippen LogP contribution in [0.2, 0.25) is 0 Å². The van der Waals surface area contributed by atoms with Gasteiger partial charge in [0.1, 0.15) is 6.61 Å². The zero-order valence-corrected chi connectivity index (χ0v) is 11.3. The second-order valence-corrected chi connectivity index (χ2v) is 5.36. The van der Waals surface area contributed by atoms with Gasteiger partial charge >= 0.3 is 12.1 Å². The largest absolute Gasteiger partial charge is 0.466 e. The highest BCUT2D eigenvalue weighted by Crippen LogP contribution is 2.49. The van der Waals surface area contributed by atoms with E-state index in [1.807, 2.05) is 12.2 Å². The molecular weight excluding hydrogens is 262 g/mol. The van der Waals surface area contributed by atoms with E-state index in [0.717, 1.165) is 11.3 Å². The minimum Gasteiger partial charge on any atom is -0.466 e. The molecule has 3 aliphatic rings. The maximum absolute atomic E-state index is 12.6. The van der Waals surface area contributed by atoms with E-state index in [4.69, 9.17) is 9.47 Å². The summed E-state index contributed by atoms with van der Waals surface area (Å²) in [6, 6.07) is 0. The summed E-state index contributed by atoms with van der Waals surface area (Å²) < 4.78 is 9.89. The second kappa shape index (κ2) is 4.92. The molecule has 2 amide bonds. The number of hydrogen-bond donors (Lipinski definition) is 0. The molecule has 0 radical (unpaired) electrons. The van der Waals surface area contributed by atoms with Crippen molar-refractivity contribution < 1.29 is 23.9 Å². The molecule has 1 saturated carbocycles. The molecule has 0 unspecified atom stereocenters. The molecule has 1 aliphatic heterocycles. The van der Waals surface area contributed by atoms with Gasteiger partial charge in [0.15, 0.2) is 0 Å². The van der Waals surface area contributed by atoms with Crippen LogP contribution in [0.25, 0.3) is 0 Å². The van der Waals surface area contributed by atoms with Crippen molar-refractivity contribution in [2.24, 2.45) is 23.7 Å². The van der Waals surface area contributed by atoms with Crippen molar-refractivity contribution in [2.75, 3.05) is 19.8 Å². The van der Waals surface area contributed by atoms with Crippen molar-refractivity contribution in [3.05, 3.63) is 12.2 Å². The number of allylic oxidation sites excluding steroid dienone is 2. The minimum atomic E-state index is -0.607. The van der Waals surface area contributed by atoms with Gasteiger partial charge in [-0.2, -0.15) is 0 Å². The monoisotopic (exact) mass is 279 g/mol. The number of carbonyl (C=O) groups is 3. The van der Waals surface area contributed by atoms with Crippen molar-refractivity contribution in [1.29, 1.82) is 0 Å². The van der Waals surface area contributed by atoms with Crippen LogP contribution in [0.5, 0.6) is 0 Å². The van der Waals surface area contributed by atoms with Gasteiger partial charge in [0.05, 0.1) is 25.0 Å². The quantitative estimate of drug-likeness (QED) is 0.568. The molecule has 4 atom stereocenters. The topological polar surface area (TPSA) is 72.9 Å². The highest BCUT2D eigenvalue weighted by Gasteiger charge is 2.54. The number of imide groups is 1. The third-order valence-corrected chi connectivity index (χ3v) is 4.33. The van der Waals surface area contributed by atoms with Gasteiger partial charge in [0.2, 0.25) is 5.91 Å². The van der Waals surface area contributed by atoms with Gasteiger partial charge in [-0.1, -0.05) is 12.2 Å². The summed E-state index contributed by atoms with van der Waals surface area (Å²) in [6.45, 7) is 2.54. The highest BCUT2D eigenvalue weighted by molar-refractivity contribution is 5.97. The fourth-order valence-corrected chi connectivity index (χ4v) is 3.49. The Bertz CT molecular complexity index is 486. The van der Waals surface area contributed by atoms with Crippen LogP contribution in [0.1, 0.15) is 13.3 Å². The van der Waals surface area contributed by atoms with E-state index >= 15 is 0 Å². The van der Waals surface area contributed by atoms with Gasteiger partial charge in [0.25, 0.3) is 0 Å². The Balaban J connectivity index is 1.83. The zero-order valence-electron chi connectivity index (χ0n) is 11.3. The average Bonchev–Trinajstić information content (AvgIpc) is 3.12. The molecule has 108 valence electrons. The van der Waals surface area contributed by atoms with E-state index < -0.39 is 17.9 Å². The van der Waals surface area contributed by atoms with Gasteiger partial charge in [-0.25, -0.2) is 9.69 Å². The molecule has 2 aliphatic carbocycles. The molecule has 0 aromatic heterocycles. The molecule has 3 rings (SSSR count). The van der Waals surface area contributed by atoms with E-state index in [9.17, 15) is 14.4 Å². The summed E-state index contributed by atoms with van der Waals surface area (Å²) in [5.41, 5.74) is 0. The van der Waals surface area contributed by atoms with E-state index in [-0.39, 0.29) is 36.9 Å². The molecule has 2 fully saturated rings. The molecule has 0 N–H and O–H groups in total. The molecule has 0 aromatic carbocycles. The summed E-state index contributed by atoms with van der Waals surface area (Å²) >= 11 is 0. The number of ether oxygens (including phenoxy) is 2. The van der Waals surface area contributed by atoms with Crippen molar-refractivity contribution in [2.45, 2.75) is 13.3 Å². The van der Waals surface area contributed by atoms with Crippen LogP contribution in [-0.2, 0) is 19.1 Å². The predicted molar refractivity (Wildman–Crippen MR) is 67.4 cm³/mol. The Hall–Kier alpha value is -1.85. The number of fused-ring (bicyclic) bond motifs is 2. The van der Waals surface area contributed by atoms with Crippen LogP contribution in [0.3, 0.4) is 0 Å². The van der Waals surface area contributed by atoms with Crippen LogP contribution in [0.15, 0.2) is 12.2 Å². The average molecular weight is 279 g/mol. The first-order valence-electron chi connectivity index (χ1n) is 6.96. The number of carbonyl (C=O) groups excluding carboxylic acids is 3. The molecule has 2 bridgehead atoms. The van der Waals surface area contributed by atoms with E-state index in [2.05, 4.69) is 0 Å². The second-order valence-electron chi connectivity index (χ2n) is 5.36. The Morgan fingerprint density at radius 3 is 2.65 bits per heavy atom. The Labute approximate surface area is 116 Å². The molecule has 1 heterocycles. The lowest BCUT2D eigenvalue weighted by atomic mass is 9.82. The molecule has 6 nitrogen and oxygen atoms in total. The summed E-state index contributed by atoms with van der Waals surface area (Å²) in [7, 11) is 0. The fraction of sp³-hybridized carbons (Fsp3) is 0.643. The van der Waals surface area contributed by atoms with Crippen LogP contribution >= 0.6 is 0 Å². The Kier molecular flexibility index (Phi) is 3.23. The number of cyclic esters (lactones) is 1. The summed E-state index contributed by atoms with van der Waals surface area (Å²) in [5.74, 6) is -1.53. The van der Waals surface area contributed by atoms with Crippen LogP contribution in [0, 0.1) is 23.7 Å². The summed E-state index contributed by atoms with van der Waals surface area (Å²) in [5, 5.41) is 0. The number of esters is 1. The first kappa shape index (κ1) is 13.1. The maximum atomic E-state index is 12.6. The molecule has 0 aromatic rings. The Morgan fingerprint density at radius 2 is 2.05 bits per heavy atom. The standard InChI is InChI=1S/C14H17NO5/c1-2-19-13(17)11-9-4-3-8(7-9)10(11)12(16)15-5-6-20-14(15)18/h3-4,8-11H,2,5-7H2,1H3/t8-,9+,10+,11+/m0/s1. The third-order valence-electron chi connectivity index (χ3n) is 4.33. The minimum absolute atomic E-state index is 0.0234. The van der Waals surface area contributed by atoms with Gasteiger partial charge in [-0.3, -0.25) is 9.59 Å². The molecule has 20 heavy (non-hydrogen) atoms. The lowest BCUT2D eigenvalue weighted by Crippen LogP contribution is -2.43. The van der Waals surface area contributed by atoms with Crippen LogP contribution in [0.4, 0.5) is 4.79 Å². The fourth-order valence-electron chi connectivity index (χ4n) is 3.49. The van der Waals surface area contributed by atoms with Crippen LogP contribution < -0.4 is 0 Å². The normalized spacial score (nSPS) is 34.5. The van der Waals surface area contributed by atoms with Gasteiger partial charge < -0.3 is 9.47 Å². The SMILES string of the molecule is CCOC(=O)[C@H]1[C@H](C(=O)N2CCOC2=O)[C@H]2C=C[C@@H]1C2. The highest BCUT2D eigenvalue weighted by atomic mass is 16.6. The van der Waals surface area contributed by atoms with E-state index in [0.29, 0.717) is 6.61 Å². The van der Waals surface area contributed by atoms with Gasteiger partial charge in [0, 0.05) is 0 Å². The maximum Gasteiger partial charge on any atom is 0.416 e. The predicted octanol–water partition coefficient (Wildman–Crippen LogP) is 0.967. The Morgan fingerprint density at radius 1 is 1.35 bits per heavy atom. The number of rotatable bonds is 3. The van der Waals surface area contributed by atoms with Crippen molar-refractivity contribution >= 4 is 18.0 Å². The zero-order chi connectivity index (χ0) is 14.3. The van der Waals surface area contributed by atoms with Gasteiger partial charge in [-0.05, 0) is 25.2 Å². The first-order chi connectivity index (χ1) is 9.63. The molecule has 1 saturated heterocycles. The van der Waals surface area contributed by atoms with Crippen molar-refractivity contribution in [3.63, 3.8) is 0 Å². The molecular formula is C14H17NO5. The van der Waals surface area contributed by atoms with E-state index in [1.54, 1.807) is 6.92 Å². The lowest BCUT2D eigenvalue weighted by Gasteiger charge is -2.27. The first-order valence-corrected chi connectivity index (χ1v) is 6.96. The lowest BCUT2D eigenvalue weighted by molar-refractivity contribution is -0.154. The number of nitrogens with zero attached hydrogens (tertiary/aromatic N) is 1. The summed E-state index contributed by atoms with van der Waals surface area (Å²) in [4.78, 5) is 37.3. The third kappa shape index (κ3) is 1.90.